The molecule has 0 amide bonds. The summed E-state index contributed by atoms with van der Waals surface area (Å²) < 4.78 is 18.9. The van der Waals surface area contributed by atoms with Gasteiger partial charge in [-0.05, 0) is 43.5 Å². The number of pyridine rings is 1. The number of anilines is 2. The largest absolute Gasteiger partial charge is 0.491 e. The quantitative estimate of drug-likeness (QED) is 0.343. The number of aryl methyl sites for hydroxylation is 1. The highest BCUT2D eigenvalue weighted by atomic mass is 32.1. The minimum absolute atomic E-state index is 0.154. The Labute approximate surface area is 220 Å². The molecule has 194 valence electrons. The Morgan fingerprint density at radius 2 is 2.00 bits per heavy atom. The van der Waals surface area contributed by atoms with Crippen LogP contribution in [0.15, 0.2) is 30.5 Å². The third-order valence-electron chi connectivity index (χ3n) is 6.58. The van der Waals surface area contributed by atoms with Gasteiger partial charge >= 0.3 is 0 Å². The SMILES string of the molecule is Cc1nc([C@H](C)NCCF)nc(N2CCOc3ccc(-c4cnc5sc(N)nc5c4)cc3C2)c1C(C)C. The van der Waals surface area contributed by atoms with E-state index in [1.54, 1.807) is 0 Å². The third-order valence-corrected chi connectivity index (χ3v) is 7.39. The lowest BCUT2D eigenvalue weighted by atomic mass is 10.0. The van der Waals surface area contributed by atoms with E-state index in [0.717, 1.165) is 49.9 Å². The first-order chi connectivity index (χ1) is 17.8. The molecule has 0 bridgehead atoms. The van der Waals surface area contributed by atoms with Gasteiger partial charge in [-0.1, -0.05) is 31.3 Å². The highest BCUT2D eigenvalue weighted by Crippen LogP contribution is 2.35. The van der Waals surface area contributed by atoms with Gasteiger partial charge in [0.05, 0.1) is 12.6 Å². The van der Waals surface area contributed by atoms with E-state index in [0.29, 0.717) is 30.7 Å². The maximum atomic E-state index is 12.8. The van der Waals surface area contributed by atoms with Crippen molar-refractivity contribution in [2.24, 2.45) is 0 Å². The van der Waals surface area contributed by atoms with Crippen molar-refractivity contribution in [3.05, 3.63) is 53.1 Å². The zero-order chi connectivity index (χ0) is 26.1. The van der Waals surface area contributed by atoms with Crippen molar-refractivity contribution >= 4 is 32.6 Å². The van der Waals surface area contributed by atoms with Crippen molar-refractivity contribution in [1.29, 1.82) is 0 Å². The van der Waals surface area contributed by atoms with Crippen LogP contribution in [0.25, 0.3) is 21.5 Å². The highest BCUT2D eigenvalue weighted by molar-refractivity contribution is 7.21. The zero-order valence-corrected chi connectivity index (χ0v) is 22.4. The second kappa shape index (κ2) is 10.5. The lowest BCUT2D eigenvalue weighted by Gasteiger charge is -2.27. The molecule has 37 heavy (non-hydrogen) atoms. The maximum Gasteiger partial charge on any atom is 0.182 e. The summed E-state index contributed by atoms with van der Waals surface area (Å²) in [5.41, 5.74) is 11.8. The van der Waals surface area contributed by atoms with E-state index < -0.39 is 6.67 Å². The van der Waals surface area contributed by atoms with Crippen LogP contribution < -0.4 is 20.7 Å². The van der Waals surface area contributed by atoms with Gasteiger partial charge < -0.3 is 20.7 Å². The molecule has 0 saturated carbocycles. The van der Waals surface area contributed by atoms with E-state index in [1.165, 1.54) is 11.3 Å². The minimum atomic E-state index is -0.429. The number of aromatic nitrogens is 4. The summed E-state index contributed by atoms with van der Waals surface area (Å²) in [5.74, 6) is 2.70. The lowest BCUT2D eigenvalue weighted by molar-refractivity contribution is 0.331. The van der Waals surface area contributed by atoms with Crippen LogP contribution in [0.4, 0.5) is 15.3 Å². The number of rotatable bonds is 7. The lowest BCUT2D eigenvalue weighted by Crippen LogP contribution is -2.30. The van der Waals surface area contributed by atoms with Crippen LogP contribution in [0, 0.1) is 6.92 Å². The van der Waals surface area contributed by atoms with E-state index >= 15 is 0 Å². The molecule has 1 aromatic carbocycles. The van der Waals surface area contributed by atoms with Crippen LogP contribution in [-0.2, 0) is 6.54 Å². The molecule has 4 aromatic rings. The van der Waals surface area contributed by atoms with Gasteiger partial charge in [0.15, 0.2) is 5.13 Å². The van der Waals surface area contributed by atoms with E-state index in [4.69, 9.17) is 20.4 Å². The van der Waals surface area contributed by atoms with Crippen molar-refractivity contribution in [1.82, 2.24) is 25.3 Å². The van der Waals surface area contributed by atoms with Crippen LogP contribution in [0.2, 0.25) is 0 Å². The number of ether oxygens (including phenoxy) is 1. The molecule has 0 aliphatic carbocycles. The van der Waals surface area contributed by atoms with Gasteiger partial charge in [-0.3, -0.25) is 0 Å². The van der Waals surface area contributed by atoms with Gasteiger partial charge in [0.1, 0.15) is 41.0 Å². The summed E-state index contributed by atoms with van der Waals surface area (Å²) >= 11 is 1.39. The molecule has 1 aliphatic rings. The number of alkyl halides is 1. The number of fused-ring (bicyclic) bond motifs is 2. The van der Waals surface area contributed by atoms with Gasteiger partial charge in [-0.25, -0.2) is 24.3 Å². The predicted octanol–water partition coefficient (Wildman–Crippen LogP) is 5.18. The van der Waals surface area contributed by atoms with E-state index in [2.05, 4.69) is 46.2 Å². The number of halogens is 1. The average molecular weight is 522 g/mol. The number of thiazole rings is 1. The number of benzene rings is 1. The fourth-order valence-electron chi connectivity index (χ4n) is 4.81. The summed E-state index contributed by atoms with van der Waals surface area (Å²) in [5, 5.41) is 3.68. The molecule has 4 heterocycles. The summed E-state index contributed by atoms with van der Waals surface area (Å²) in [4.78, 5) is 21.8. The number of nitrogens with zero attached hydrogens (tertiary/aromatic N) is 5. The first kappa shape index (κ1) is 25.3. The van der Waals surface area contributed by atoms with E-state index in [9.17, 15) is 4.39 Å². The number of nitrogens with one attached hydrogen (secondary N) is 1. The molecule has 5 rings (SSSR count). The standard InChI is InChI=1S/C27H32FN7OS/c1-15(2)23-16(3)32-24(17(4)30-8-7-28)34-25(23)35-9-10-36-22-6-5-18(11-20(22)14-35)19-12-21-26(31-13-19)37-27(29)33-21/h5-6,11-13,15,17,30H,7-10,14H2,1-4H3,(H2,29,33)/t17-/m0/s1. The van der Waals surface area contributed by atoms with Crippen LogP contribution in [0.1, 0.15) is 55.4 Å². The zero-order valence-electron chi connectivity index (χ0n) is 21.6. The molecular weight excluding hydrogens is 489 g/mol. The second-order valence-electron chi connectivity index (χ2n) is 9.62. The van der Waals surface area contributed by atoms with Gasteiger partial charge in [0.2, 0.25) is 0 Å². The molecule has 3 aromatic heterocycles. The Bertz CT molecular complexity index is 1420. The highest BCUT2D eigenvalue weighted by Gasteiger charge is 2.25. The Morgan fingerprint density at radius 3 is 2.78 bits per heavy atom. The Balaban J connectivity index is 1.51. The Morgan fingerprint density at radius 1 is 1.16 bits per heavy atom. The number of hydrogen-bond acceptors (Lipinski definition) is 9. The third kappa shape index (κ3) is 5.21. The maximum absolute atomic E-state index is 12.8. The summed E-state index contributed by atoms with van der Waals surface area (Å²) in [7, 11) is 0. The van der Waals surface area contributed by atoms with Crippen molar-refractivity contribution < 1.29 is 9.13 Å². The molecule has 0 fully saturated rings. The molecule has 1 aliphatic heterocycles. The van der Waals surface area contributed by atoms with Crippen molar-refractivity contribution in [2.45, 2.75) is 46.2 Å². The van der Waals surface area contributed by atoms with Crippen LogP contribution >= 0.6 is 11.3 Å². The second-order valence-corrected chi connectivity index (χ2v) is 10.6. The molecule has 0 spiro atoms. The predicted molar refractivity (Wildman–Crippen MR) is 147 cm³/mol. The van der Waals surface area contributed by atoms with Gasteiger partial charge in [0, 0.05) is 41.7 Å². The molecule has 0 radical (unpaired) electrons. The van der Waals surface area contributed by atoms with Gasteiger partial charge in [-0.15, -0.1) is 0 Å². The fraction of sp³-hybridized carbons (Fsp3) is 0.407. The number of hydrogen-bond donors (Lipinski definition) is 2. The van der Waals surface area contributed by atoms with Gasteiger partial charge in [0.25, 0.3) is 0 Å². The summed E-state index contributed by atoms with van der Waals surface area (Å²) in [6.07, 6.45) is 1.86. The average Bonchev–Trinajstić information content (AvgIpc) is 3.11. The fourth-order valence-corrected chi connectivity index (χ4v) is 5.47. The van der Waals surface area contributed by atoms with Crippen LogP contribution in [0.3, 0.4) is 0 Å². The molecule has 0 unspecified atom stereocenters. The molecular formula is C27H32FN7OS. The van der Waals surface area contributed by atoms with Crippen molar-refractivity contribution in [3.63, 3.8) is 0 Å². The number of nitrogens with two attached hydrogens (primary N) is 1. The smallest absolute Gasteiger partial charge is 0.182 e. The summed E-state index contributed by atoms with van der Waals surface area (Å²) in [6.45, 7) is 10.0. The first-order valence-corrected chi connectivity index (χ1v) is 13.4. The Hall–Kier alpha value is -3.37. The molecule has 3 N–H and O–H groups in total. The van der Waals surface area contributed by atoms with E-state index in [-0.39, 0.29) is 18.5 Å². The molecule has 10 heteroatoms. The normalized spacial score (nSPS) is 14.5. The molecule has 8 nitrogen and oxygen atoms in total. The number of nitrogen functional groups attached to an aromatic ring is 1. The van der Waals surface area contributed by atoms with Crippen LogP contribution in [-0.4, -0.2) is 46.3 Å². The van der Waals surface area contributed by atoms with Crippen molar-refractivity contribution in [2.75, 3.05) is 37.0 Å². The summed E-state index contributed by atoms with van der Waals surface area (Å²) in [6, 6.07) is 8.10. The minimum Gasteiger partial charge on any atom is -0.491 e. The monoisotopic (exact) mass is 521 g/mol. The topological polar surface area (TPSA) is 102 Å². The van der Waals surface area contributed by atoms with Crippen LogP contribution in [0.5, 0.6) is 5.75 Å². The van der Waals surface area contributed by atoms with E-state index in [1.807, 2.05) is 32.2 Å². The Kier molecular flexibility index (Phi) is 7.21. The molecule has 0 saturated heterocycles. The van der Waals surface area contributed by atoms with Gasteiger partial charge in [-0.2, -0.15) is 0 Å². The van der Waals surface area contributed by atoms with Crippen molar-refractivity contribution in [3.8, 4) is 16.9 Å². The molecule has 1 atom stereocenters. The first-order valence-electron chi connectivity index (χ1n) is 12.5.